The van der Waals surface area contributed by atoms with Crippen LogP contribution in [0.5, 0.6) is 0 Å². The van der Waals surface area contributed by atoms with Crippen molar-refractivity contribution in [3.63, 3.8) is 0 Å². The van der Waals surface area contributed by atoms with E-state index in [0.29, 0.717) is 0 Å². The zero-order chi connectivity index (χ0) is 13.0. The Morgan fingerprint density at radius 3 is 2.50 bits per heavy atom. The molecule has 2 aromatic carbocycles. The Balaban J connectivity index is 2.21. The van der Waals surface area contributed by atoms with Gasteiger partial charge in [0.25, 0.3) is 0 Å². The fourth-order valence-electron chi connectivity index (χ4n) is 1.79. The summed E-state index contributed by atoms with van der Waals surface area (Å²) in [6.45, 7) is 2.06. The Hall–Kier alpha value is -1.74. The van der Waals surface area contributed by atoms with Crippen LogP contribution in [0.4, 0.5) is 0 Å². The minimum absolute atomic E-state index is 0.134. The van der Waals surface area contributed by atoms with Crippen LogP contribution < -0.4 is 5.73 Å². The Kier molecular flexibility index (Phi) is 4.05. The van der Waals surface area contributed by atoms with Gasteiger partial charge < -0.3 is 5.73 Å². The van der Waals surface area contributed by atoms with Gasteiger partial charge in [0.05, 0.1) is 0 Å². The number of nitrogen functional groups attached to an aromatic ring is 1. The Labute approximate surface area is 112 Å². The molecule has 0 bridgehead atoms. The van der Waals surface area contributed by atoms with Crippen LogP contribution >= 0.6 is 11.8 Å². The van der Waals surface area contributed by atoms with Gasteiger partial charge in [0.1, 0.15) is 5.84 Å². The molecule has 0 radical (unpaired) electrons. The van der Waals surface area contributed by atoms with Crippen LogP contribution in [0.1, 0.15) is 16.7 Å². The van der Waals surface area contributed by atoms with E-state index < -0.39 is 0 Å². The third-order valence-electron chi connectivity index (χ3n) is 2.73. The summed E-state index contributed by atoms with van der Waals surface area (Å²) in [6.07, 6.45) is 0. The molecule has 0 aliphatic rings. The lowest BCUT2D eigenvalue weighted by atomic mass is 10.1. The van der Waals surface area contributed by atoms with E-state index in [9.17, 15) is 0 Å². The van der Waals surface area contributed by atoms with Gasteiger partial charge in [-0.2, -0.15) is 0 Å². The number of amidine groups is 1. The first-order chi connectivity index (χ1) is 8.68. The fraction of sp³-hybridized carbons (Fsp3) is 0.133. The number of aryl methyl sites for hydroxylation is 1. The molecule has 0 fully saturated rings. The predicted octanol–water partition coefficient (Wildman–Crippen LogP) is 3.57. The first-order valence-electron chi connectivity index (χ1n) is 5.79. The topological polar surface area (TPSA) is 49.9 Å². The Morgan fingerprint density at radius 2 is 1.83 bits per heavy atom. The summed E-state index contributed by atoms with van der Waals surface area (Å²) in [6, 6.07) is 16.2. The van der Waals surface area contributed by atoms with Gasteiger partial charge in [-0.3, -0.25) is 5.41 Å². The smallest absolute Gasteiger partial charge is 0.123 e. The van der Waals surface area contributed by atoms with E-state index in [1.165, 1.54) is 11.1 Å². The Morgan fingerprint density at radius 1 is 1.11 bits per heavy atom. The second kappa shape index (κ2) is 5.74. The highest BCUT2D eigenvalue weighted by Gasteiger charge is 2.08. The highest BCUT2D eigenvalue weighted by molar-refractivity contribution is 7.98. The average Bonchev–Trinajstić information content (AvgIpc) is 2.38. The molecule has 0 spiro atoms. The van der Waals surface area contributed by atoms with Crippen molar-refractivity contribution < 1.29 is 0 Å². The second-order valence-corrected chi connectivity index (χ2v) is 5.13. The lowest BCUT2D eigenvalue weighted by Crippen LogP contribution is -2.12. The maximum Gasteiger partial charge on any atom is 0.123 e. The van der Waals surface area contributed by atoms with Crippen LogP contribution in [0.25, 0.3) is 0 Å². The highest BCUT2D eigenvalue weighted by atomic mass is 32.2. The zero-order valence-electron chi connectivity index (χ0n) is 10.3. The molecule has 0 saturated carbocycles. The summed E-state index contributed by atoms with van der Waals surface area (Å²) in [5.74, 6) is 1.03. The molecule has 2 rings (SSSR count). The lowest BCUT2D eigenvalue weighted by molar-refractivity contribution is 1.25. The van der Waals surface area contributed by atoms with E-state index in [0.717, 1.165) is 16.2 Å². The van der Waals surface area contributed by atoms with Crippen LogP contribution in [-0.4, -0.2) is 5.84 Å². The number of nitrogens with two attached hydrogens (primary N) is 1. The molecular formula is C15H16N2S. The summed E-state index contributed by atoms with van der Waals surface area (Å²) in [7, 11) is 0. The highest BCUT2D eigenvalue weighted by Crippen LogP contribution is 2.29. The van der Waals surface area contributed by atoms with Gasteiger partial charge in [-0.05, 0) is 18.1 Å². The van der Waals surface area contributed by atoms with Crippen LogP contribution in [0, 0.1) is 12.3 Å². The van der Waals surface area contributed by atoms with Gasteiger partial charge >= 0.3 is 0 Å². The van der Waals surface area contributed by atoms with Gasteiger partial charge in [-0.15, -0.1) is 11.8 Å². The number of nitrogens with one attached hydrogen (secondary N) is 1. The molecule has 2 aromatic rings. The van der Waals surface area contributed by atoms with Crippen LogP contribution in [-0.2, 0) is 5.75 Å². The zero-order valence-corrected chi connectivity index (χ0v) is 11.1. The number of hydrogen-bond donors (Lipinski definition) is 2. The molecule has 92 valence electrons. The summed E-state index contributed by atoms with van der Waals surface area (Å²) >= 11 is 1.73. The maximum atomic E-state index is 7.62. The van der Waals surface area contributed by atoms with Crippen molar-refractivity contribution in [2.75, 3.05) is 0 Å². The minimum Gasteiger partial charge on any atom is -0.384 e. The number of benzene rings is 2. The number of thioether (sulfide) groups is 1. The molecule has 0 heterocycles. The first kappa shape index (κ1) is 12.7. The van der Waals surface area contributed by atoms with Gasteiger partial charge in [0.15, 0.2) is 0 Å². The molecule has 0 saturated heterocycles. The van der Waals surface area contributed by atoms with Crippen LogP contribution in [0.2, 0.25) is 0 Å². The molecule has 0 amide bonds. The third-order valence-corrected chi connectivity index (χ3v) is 4.04. The molecule has 18 heavy (non-hydrogen) atoms. The summed E-state index contributed by atoms with van der Waals surface area (Å²) in [5, 5.41) is 7.62. The maximum absolute atomic E-state index is 7.62. The van der Waals surface area contributed by atoms with Gasteiger partial charge in [-0.25, -0.2) is 0 Å². The standard InChI is InChI=1S/C15H16N2S/c1-11-6-5-9-13(15(16)17)14(11)18-10-12-7-3-2-4-8-12/h2-9H,10H2,1H3,(H3,16,17). The molecule has 0 atom stereocenters. The predicted molar refractivity (Wildman–Crippen MR) is 78.2 cm³/mol. The SMILES string of the molecule is Cc1cccc(C(=N)N)c1SCc1ccccc1. The van der Waals surface area contributed by atoms with Crippen molar-refractivity contribution in [1.29, 1.82) is 5.41 Å². The molecule has 0 aliphatic heterocycles. The van der Waals surface area contributed by atoms with Crippen molar-refractivity contribution in [2.24, 2.45) is 5.73 Å². The van der Waals surface area contributed by atoms with Gasteiger partial charge in [-0.1, -0.05) is 48.5 Å². The summed E-state index contributed by atoms with van der Waals surface area (Å²) in [5.41, 5.74) is 8.90. The van der Waals surface area contributed by atoms with Crippen LogP contribution in [0.3, 0.4) is 0 Å². The van der Waals surface area contributed by atoms with Gasteiger partial charge in [0.2, 0.25) is 0 Å². The van der Waals surface area contributed by atoms with E-state index in [1.807, 2.05) is 30.3 Å². The molecule has 0 aromatic heterocycles. The van der Waals surface area contributed by atoms with E-state index in [2.05, 4.69) is 25.1 Å². The quantitative estimate of drug-likeness (QED) is 0.499. The van der Waals surface area contributed by atoms with E-state index in [-0.39, 0.29) is 5.84 Å². The van der Waals surface area contributed by atoms with Crippen molar-refractivity contribution in [1.82, 2.24) is 0 Å². The molecule has 3 heteroatoms. The normalized spacial score (nSPS) is 10.3. The van der Waals surface area contributed by atoms with Gasteiger partial charge in [0, 0.05) is 16.2 Å². The summed E-state index contributed by atoms with van der Waals surface area (Å²) in [4.78, 5) is 1.11. The lowest BCUT2D eigenvalue weighted by Gasteiger charge is -2.11. The molecule has 0 unspecified atom stereocenters. The average molecular weight is 256 g/mol. The van der Waals surface area contributed by atoms with Crippen molar-refractivity contribution in [3.05, 3.63) is 65.2 Å². The third kappa shape index (κ3) is 2.93. The Bertz CT molecular complexity index is 550. The van der Waals surface area contributed by atoms with Crippen molar-refractivity contribution in [3.8, 4) is 0 Å². The number of hydrogen-bond acceptors (Lipinski definition) is 2. The van der Waals surface area contributed by atoms with E-state index in [4.69, 9.17) is 11.1 Å². The minimum atomic E-state index is 0.134. The fourth-order valence-corrected chi connectivity index (χ4v) is 2.92. The van der Waals surface area contributed by atoms with Crippen molar-refractivity contribution >= 4 is 17.6 Å². The monoisotopic (exact) mass is 256 g/mol. The number of rotatable bonds is 4. The molecule has 3 N–H and O–H groups in total. The van der Waals surface area contributed by atoms with Crippen LogP contribution in [0.15, 0.2) is 53.4 Å². The molecular weight excluding hydrogens is 240 g/mol. The van der Waals surface area contributed by atoms with E-state index >= 15 is 0 Å². The van der Waals surface area contributed by atoms with Crippen molar-refractivity contribution in [2.45, 2.75) is 17.6 Å². The first-order valence-corrected chi connectivity index (χ1v) is 6.78. The van der Waals surface area contributed by atoms with E-state index in [1.54, 1.807) is 11.8 Å². The summed E-state index contributed by atoms with van der Waals surface area (Å²) < 4.78 is 0. The largest absolute Gasteiger partial charge is 0.384 e. The second-order valence-electron chi connectivity index (χ2n) is 4.14. The molecule has 2 nitrogen and oxygen atoms in total. The molecule has 0 aliphatic carbocycles.